The zero-order valence-corrected chi connectivity index (χ0v) is 13.4. The summed E-state index contributed by atoms with van der Waals surface area (Å²) in [6.45, 7) is 4.94. The third-order valence-electron chi connectivity index (χ3n) is 5.31. The van der Waals surface area contributed by atoms with E-state index in [0.717, 1.165) is 19.3 Å². The van der Waals surface area contributed by atoms with Crippen LogP contribution in [0.1, 0.15) is 56.1 Å². The maximum Gasteiger partial charge on any atom is 0.237 e. The van der Waals surface area contributed by atoms with Gasteiger partial charge in [0.1, 0.15) is 0 Å². The Morgan fingerprint density at radius 2 is 2.18 bits per heavy atom. The lowest BCUT2D eigenvalue weighted by atomic mass is 9.68. The monoisotopic (exact) mass is 302 g/mol. The quantitative estimate of drug-likeness (QED) is 0.793. The molecule has 5 nitrogen and oxygen atoms in total. The predicted octanol–water partition coefficient (Wildman–Crippen LogP) is 1.67. The minimum atomic E-state index is 0.104. The first kappa shape index (κ1) is 15.4. The van der Waals surface area contributed by atoms with Crippen LogP contribution in [0, 0.1) is 11.8 Å². The van der Waals surface area contributed by atoms with Gasteiger partial charge in [0, 0.05) is 30.9 Å². The highest BCUT2D eigenvalue weighted by Crippen LogP contribution is 2.42. The molecule has 0 bridgehead atoms. The van der Waals surface area contributed by atoms with Gasteiger partial charge in [0.2, 0.25) is 5.91 Å². The van der Waals surface area contributed by atoms with E-state index in [1.807, 2.05) is 12.4 Å². The van der Waals surface area contributed by atoms with Gasteiger partial charge in [-0.25, -0.2) is 5.43 Å². The number of fused-ring (bicyclic) bond motifs is 1. The van der Waals surface area contributed by atoms with E-state index in [9.17, 15) is 4.79 Å². The maximum absolute atomic E-state index is 12.0. The summed E-state index contributed by atoms with van der Waals surface area (Å²) in [5, 5.41) is 0. The van der Waals surface area contributed by atoms with Gasteiger partial charge in [-0.3, -0.25) is 15.2 Å². The number of hydrogen-bond acceptors (Lipinski definition) is 4. The van der Waals surface area contributed by atoms with Crippen molar-refractivity contribution < 1.29 is 4.79 Å². The van der Waals surface area contributed by atoms with Crippen LogP contribution in [0.3, 0.4) is 0 Å². The van der Waals surface area contributed by atoms with Crippen molar-refractivity contribution in [2.75, 3.05) is 6.54 Å². The first-order valence-corrected chi connectivity index (χ1v) is 8.30. The minimum Gasteiger partial charge on any atom is -0.329 e. The molecule has 4 atom stereocenters. The minimum absolute atomic E-state index is 0.104. The van der Waals surface area contributed by atoms with E-state index in [0.29, 0.717) is 24.3 Å². The largest absolute Gasteiger partial charge is 0.329 e. The van der Waals surface area contributed by atoms with Gasteiger partial charge in [-0.1, -0.05) is 19.9 Å². The van der Waals surface area contributed by atoms with E-state index in [1.54, 1.807) is 0 Å². The van der Waals surface area contributed by atoms with E-state index in [-0.39, 0.29) is 17.9 Å². The second kappa shape index (κ2) is 6.34. The fourth-order valence-electron chi connectivity index (χ4n) is 3.89. The van der Waals surface area contributed by atoms with E-state index in [4.69, 9.17) is 5.73 Å². The molecule has 1 saturated heterocycles. The second-order valence-electron chi connectivity index (χ2n) is 6.96. The molecule has 1 aromatic heterocycles. The van der Waals surface area contributed by atoms with E-state index in [2.05, 4.69) is 35.7 Å². The average Bonchev–Trinajstić information content (AvgIpc) is 2.55. The van der Waals surface area contributed by atoms with Crippen molar-refractivity contribution in [1.82, 2.24) is 15.8 Å². The number of carbonyl (C=O) groups is 1. The van der Waals surface area contributed by atoms with Crippen LogP contribution in [0.4, 0.5) is 0 Å². The molecule has 2 heterocycles. The van der Waals surface area contributed by atoms with Crippen LogP contribution in [-0.4, -0.2) is 23.5 Å². The molecule has 0 radical (unpaired) electrons. The SMILES string of the molecule is CC(C)c1cncc(C2CCC3C(=O)NNC(CN)C3C2)c1. The Hall–Kier alpha value is -1.46. The molecule has 2 aliphatic rings. The summed E-state index contributed by atoms with van der Waals surface area (Å²) in [7, 11) is 0. The van der Waals surface area contributed by atoms with Crippen molar-refractivity contribution in [2.24, 2.45) is 17.6 Å². The number of carbonyl (C=O) groups excluding carboxylic acids is 1. The first-order valence-electron chi connectivity index (χ1n) is 8.30. The van der Waals surface area contributed by atoms with Crippen molar-refractivity contribution in [2.45, 2.75) is 51.0 Å². The number of pyridine rings is 1. The lowest BCUT2D eigenvalue weighted by Crippen LogP contribution is -2.62. The Morgan fingerprint density at radius 3 is 2.91 bits per heavy atom. The molecule has 120 valence electrons. The third-order valence-corrected chi connectivity index (χ3v) is 5.31. The Kier molecular flexibility index (Phi) is 4.45. The molecule has 1 aliphatic carbocycles. The van der Waals surface area contributed by atoms with Gasteiger partial charge >= 0.3 is 0 Å². The lowest BCUT2D eigenvalue weighted by Gasteiger charge is -2.43. The Morgan fingerprint density at radius 1 is 1.36 bits per heavy atom. The Labute approximate surface area is 132 Å². The van der Waals surface area contributed by atoms with E-state index < -0.39 is 0 Å². The van der Waals surface area contributed by atoms with E-state index in [1.165, 1.54) is 11.1 Å². The number of nitrogens with zero attached hydrogens (tertiary/aromatic N) is 1. The fraction of sp³-hybridized carbons (Fsp3) is 0.647. The number of amides is 1. The van der Waals surface area contributed by atoms with Crippen LogP contribution in [0.25, 0.3) is 0 Å². The third kappa shape index (κ3) is 2.88. The van der Waals surface area contributed by atoms with Gasteiger partial charge in [0.25, 0.3) is 0 Å². The van der Waals surface area contributed by atoms with Gasteiger partial charge in [0.15, 0.2) is 0 Å². The zero-order valence-electron chi connectivity index (χ0n) is 13.4. The second-order valence-corrected chi connectivity index (χ2v) is 6.96. The average molecular weight is 302 g/mol. The van der Waals surface area contributed by atoms with Crippen LogP contribution in [-0.2, 0) is 4.79 Å². The van der Waals surface area contributed by atoms with Gasteiger partial charge in [0.05, 0.1) is 0 Å². The molecule has 0 aromatic carbocycles. The molecule has 1 amide bonds. The van der Waals surface area contributed by atoms with Crippen LogP contribution in [0.15, 0.2) is 18.5 Å². The number of rotatable bonds is 3. The topological polar surface area (TPSA) is 80.0 Å². The molecule has 0 spiro atoms. The van der Waals surface area contributed by atoms with Crippen molar-refractivity contribution >= 4 is 5.91 Å². The van der Waals surface area contributed by atoms with Gasteiger partial charge < -0.3 is 5.73 Å². The van der Waals surface area contributed by atoms with Crippen LogP contribution >= 0.6 is 0 Å². The van der Waals surface area contributed by atoms with Crippen molar-refractivity contribution in [3.05, 3.63) is 29.6 Å². The van der Waals surface area contributed by atoms with Crippen LogP contribution in [0.2, 0.25) is 0 Å². The molecule has 4 N–H and O–H groups in total. The Bertz CT molecular complexity index is 545. The van der Waals surface area contributed by atoms with Crippen molar-refractivity contribution in [3.8, 4) is 0 Å². The van der Waals surface area contributed by atoms with Crippen molar-refractivity contribution in [1.29, 1.82) is 0 Å². The highest BCUT2D eigenvalue weighted by atomic mass is 16.2. The summed E-state index contributed by atoms with van der Waals surface area (Å²) >= 11 is 0. The molecule has 1 aliphatic heterocycles. The van der Waals surface area contributed by atoms with Gasteiger partial charge in [-0.2, -0.15) is 0 Å². The highest BCUT2D eigenvalue weighted by molar-refractivity contribution is 5.79. The normalized spacial score (nSPS) is 31.7. The number of hydrogen-bond donors (Lipinski definition) is 3. The summed E-state index contributed by atoms with van der Waals surface area (Å²) < 4.78 is 0. The zero-order chi connectivity index (χ0) is 15.7. The van der Waals surface area contributed by atoms with E-state index >= 15 is 0 Å². The molecule has 5 heteroatoms. The smallest absolute Gasteiger partial charge is 0.237 e. The first-order chi connectivity index (χ1) is 10.6. The summed E-state index contributed by atoms with van der Waals surface area (Å²) in [5.41, 5.74) is 14.3. The summed E-state index contributed by atoms with van der Waals surface area (Å²) in [6, 6.07) is 2.46. The fourth-order valence-corrected chi connectivity index (χ4v) is 3.89. The molecular formula is C17H26N4O. The number of aromatic nitrogens is 1. The molecule has 4 unspecified atom stereocenters. The summed E-state index contributed by atoms with van der Waals surface area (Å²) in [4.78, 5) is 16.5. The van der Waals surface area contributed by atoms with Gasteiger partial charge in [-0.05, 0) is 48.1 Å². The number of nitrogens with two attached hydrogens (primary N) is 1. The Balaban J connectivity index is 1.80. The number of hydrazine groups is 1. The molecule has 1 saturated carbocycles. The van der Waals surface area contributed by atoms with Crippen molar-refractivity contribution in [3.63, 3.8) is 0 Å². The molecular weight excluding hydrogens is 276 g/mol. The molecule has 22 heavy (non-hydrogen) atoms. The summed E-state index contributed by atoms with van der Waals surface area (Å²) in [5.74, 6) is 1.52. The summed E-state index contributed by atoms with van der Waals surface area (Å²) in [6.07, 6.45) is 6.94. The highest BCUT2D eigenvalue weighted by Gasteiger charge is 2.42. The van der Waals surface area contributed by atoms with Gasteiger partial charge in [-0.15, -0.1) is 0 Å². The molecule has 3 rings (SSSR count). The van der Waals surface area contributed by atoms with Crippen LogP contribution < -0.4 is 16.6 Å². The number of nitrogens with one attached hydrogen (secondary N) is 2. The predicted molar refractivity (Wildman–Crippen MR) is 86.0 cm³/mol. The lowest BCUT2D eigenvalue weighted by molar-refractivity contribution is -0.133. The molecule has 1 aromatic rings. The standard InChI is InChI=1S/C17H26N4O/c1-10(2)12-5-13(9-19-8-12)11-3-4-14-15(6-11)16(7-18)20-21-17(14)22/h5,8-11,14-16,20H,3-4,6-7,18H2,1-2H3,(H,21,22). The van der Waals surface area contributed by atoms with Crippen LogP contribution in [0.5, 0.6) is 0 Å². The maximum atomic E-state index is 12.0. The molecule has 2 fully saturated rings.